The first-order valence-corrected chi connectivity index (χ1v) is 9.56. The Kier molecular flexibility index (Phi) is 4.59. The predicted molar refractivity (Wildman–Crippen MR) is 113 cm³/mol. The minimum Gasteiger partial charge on any atom is -0.494 e. The summed E-state index contributed by atoms with van der Waals surface area (Å²) in [6.07, 6.45) is 1.61. The molecule has 1 N–H and O–H groups in total. The molecule has 0 fully saturated rings. The van der Waals surface area contributed by atoms with Gasteiger partial charge in [0.05, 0.1) is 19.2 Å². The second kappa shape index (κ2) is 7.56. The number of methoxy groups -OCH3 is 1. The van der Waals surface area contributed by atoms with Crippen LogP contribution in [-0.2, 0) is 6.54 Å². The molecule has 8 heteroatoms. The zero-order valence-corrected chi connectivity index (χ0v) is 16.5. The largest absolute Gasteiger partial charge is 0.494 e. The van der Waals surface area contributed by atoms with E-state index in [-0.39, 0.29) is 11.6 Å². The van der Waals surface area contributed by atoms with Gasteiger partial charge >= 0.3 is 5.76 Å². The van der Waals surface area contributed by atoms with Crippen molar-refractivity contribution in [3.63, 3.8) is 0 Å². The van der Waals surface area contributed by atoms with Crippen LogP contribution in [0.1, 0.15) is 5.56 Å². The molecule has 0 aliphatic rings. The summed E-state index contributed by atoms with van der Waals surface area (Å²) >= 11 is 0. The first kappa shape index (κ1) is 18.8. The monoisotopic (exact) mass is 416 g/mol. The van der Waals surface area contributed by atoms with Crippen molar-refractivity contribution in [2.75, 3.05) is 7.11 Å². The van der Waals surface area contributed by atoms with Crippen LogP contribution in [0.5, 0.6) is 5.75 Å². The van der Waals surface area contributed by atoms with E-state index in [0.29, 0.717) is 17.8 Å². The predicted octanol–water partition coefficient (Wildman–Crippen LogP) is 4.24. The first-order chi connectivity index (χ1) is 15.1. The van der Waals surface area contributed by atoms with Crippen LogP contribution in [0, 0.1) is 5.82 Å². The van der Waals surface area contributed by atoms with Crippen molar-refractivity contribution in [2.45, 2.75) is 6.54 Å². The van der Waals surface area contributed by atoms with Gasteiger partial charge in [0.15, 0.2) is 11.6 Å². The Bertz CT molecular complexity index is 1440. The van der Waals surface area contributed by atoms with Gasteiger partial charge in [0.25, 0.3) is 0 Å². The smallest absolute Gasteiger partial charge is 0.439 e. The van der Waals surface area contributed by atoms with Gasteiger partial charge in [-0.25, -0.2) is 9.18 Å². The Morgan fingerprint density at radius 2 is 1.97 bits per heavy atom. The summed E-state index contributed by atoms with van der Waals surface area (Å²) < 4.78 is 26.4. The van der Waals surface area contributed by atoms with Gasteiger partial charge in [0.2, 0.25) is 5.82 Å². The number of H-pyrrole nitrogens is 1. The Hall–Kier alpha value is -4.20. The number of nitrogens with zero attached hydrogens (tertiary/aromatic N) is 3. The van der Waals surface area contributed by atoms with Gasteiger partial charge < -0.3 is 9.30 Å². The van der Waals surface area contributed by atoms with Gasteiger partial charge in [-0.3, -0.25) is 14.5 Å². The van der Waals surface area contributed by atoms with Gasteiger partial charge in [0, 0.05) is 28.9 Å². The number of halogens is 1. The molecule has 0 spiro atoms. The normalized spacial score (nSPS) is 11.2. The summed E-state index contributed by atoms with van der Waals surface area (Å²) in [4.78, 5) is 18.3. The summed E-state index contributed by atoms with van der Waals surface area (Å²) in [6, 6.07) is 18.7. The number of pyridine rings is 1. The fourth-order valence-electron chi connectivity index (χ4n) is 3.72. The van der Waals surface area contributed by atoms with Crippen molar-refractivity contribution in [3.05, 3.63) is 88.8 Å². The molecule has 3 aromatic heterocycles. The molecule has 0 bridgehead atoms. The van der Waals surface area contributed by atoms with Crippen LogP contribution in [0.25, 0.3) is 33.7 Å². The van der Waals surface area contributed by atoms with Crippen molar-refractivity contribution in [2.24, 2.45) is 0 Å². The lowest BCUT2D eigenvalue weighted by Crippen LogP contribution is -2.05. The molecule has 0 aliphatic carbocycles. The molecule has 0 aliphatic heterocycles. The fourth-order valence-corrected chi connectivity index (χ4v) is 3.72. The highest BCUT2D eigenvalue weighted by atomic mass is 19.1. The summed E-state index contributed by atoms with van der Waals surface area (Å²) in [7, 11) is 1.44. The fraction of sp³-hybridized carbons (Fsp3) is 0.0870. The third-order valence-corrected chi connectivity index (χ3v) is 5.13. The van der Waals surface area contributed by atoms with Crippen molar-refractivity contribution in [1.29, 1.82) is 0 Å². The maximum atomic E-state index is 14.6. The molecule has 154 valence electrons. The molecule has 31 heavy (non-hydrogen) atoms. The second-order valence-corrected chi connectivity index (χ2v) is 6.98. The van der Waals surface area contributed by atoms with E-state index in [4.69, 9.17) is 4.74 Å². The molecule has 5 aromatic rings. The second-order valence-electron chi connectivity index (χ2n) is 6.98. The molecule has 0 atom stereocenters. The van der Waals surface area contributed by atoms with Crippen LogP contribution in [0.15, 0.2) is 76.2 Å². The number of benzene rings is 2. The van der Waals surface area contributed by atoms with Gasteiger partial charge in [-0.2, -0.15) is 0 Å². The highest BCUT2D eigenvalue weighted by molar-refractivity contribution is 5.88. The zero-order chi connectivity index (χ0) is 21.4. The molecule has 0 saturated heterocycles. The van der Waals surface area contributed by atoms with Gasteiger partial charge in [-0.05, 0) is 23.8 Å². The third kappa shape index (κ3) is 3.38. The topological polar surface area (TPSA) is 85.9 Å². The van der Waals surface area contributed by atoms with E-state index >= 15 is 0 Å². The van der Waals surface area contributed by atoms with Crippen molar-refractivity contribution < 1.29 is 13.7 Å². The van der Waals surface area contributed by atoms with E-state index in [9.17, 15) is 9.18 Å². The standard InChI is InChI=1S/C23H17FN4O3/c1-30-20-11-16-10-18(14-6-3-2-4-7-14)28(19(16)12-17(20)24)13-15-8-5-9-25-21(15)22-26-23(29)31-27-22/h2-12H,13H2,1H3,(H,26,27,29). The zero-order valence-electron chi connectivity index (χ0n) is 16.5. The molecule has 0 amide bonds. The van der Waals surface area contributed by atoms with E-state index in [1.54, 1.807) is 18.3 Å². The number of aromatic amines is 1. The van der Waals surface area contributed by atoms with E-state index in [1.807, 2.05) is 47.0 Å². The van der Waals surface area contributed by atoms with Crippen LogP contribution >= 0.6 is 0 Å². The number of hydrogen-bond acceptors (Lipinski definition) is 5. The molecule has 0 saturated carbocycles. The highest BCUT2D eigenvalue weighted by Gasteiger charge is 2.18. The summed E-state index contributed by atoms with van der Waals surface area (Å²) in [5.74, 6) is -0.670. The van der Waals surface area contributed by atoms with E-state index in [1.165, 1.54) is 13.2 Å². The van der Waals surface area contributed by atoms with Crippen molar-refractivity contribution in [1.82, 2.24) is 19.7 Å². The summed E-state index contributed by atoms with van der Waals surface area (Å²) in [5.41, 5.74) is 3.88. The lowest BCUT2D eigenvalue weighted by Gasteiger charge is -2.13. The molecule has 0 radical (unpaired) electrons. The van der Waals surface area contributed by atoms with E-state index in [0.717, 1.165) is 22.2 Å². The molecular weight excluding hydrogens is 399 g/mol. The third-order valence-electron chi connectivity index (χ3n) is 5.13. The molecule has 7 nitrogen and oxygen atoms in total. The Morgan fingerprint density at radius 3 is 2.71 bits per heavy atom. The van der Waals surface area contributed by atoms with E-state index < -0.39 is 11.6 Å². The minimum atomic E-state index is -0.655. The average molecular weight is 416 g/mol. The van der Waals surface area contributed by atoms with E-state index in [2.05, 4.69) is 19.6 Å². The Balaban J connectivity index is 1.71. The van der Waals surface area contributed by atoms with Crippen LogP contribution in [-0.4, -0.2) is 26.8 Å². The van der Waals surface area contributed by atoms with Gasteiger partial charge in [-0.1, -0.05) is 41.6 Å². The Labute approximate surface area is 175 Å². The van der Waals surface area contributed by atoms with Crippen LogP contribution < -0.4 is 10.5 Å². The first-order valence-electron chi connectivity index (χ1n) is 9.56. The number of ether oxygens (including phenoxy) is 1. The molecule has 5 rings (SSSR count). The van der Waals surface area contributed by atoms with Gasteiger partial charge in [-0.15, -0.1) is 0 Å². The lowest BCUT2D eigenvalue weighted by atomic mass is 10.1. The minimum absolute atomic E-state index is 0.187. The average Bonchev–Trinajstić information content (AvgIpc) is 3.38. The SMILES string of the molecule is COc1cc2cc(-c3ccccc3)n(Cc3cccnc3-c3noc(=O)[nH]3)c2cc1F. The van der Waals surface area contributed by atoms with Crippen molar-refractivity contribution in [3.8, 4) is 28.5 Å². The van der Waals surface area contributed by atoms with Crippen LogP contribution in [0.2, 0.25) is 0 Å². The number of rotatable bonds is 5. The molecular formula is C23H17FN4O3. The number of aromatic nitrogens is 4. The molecule has 2 aromatic carbocycles. The molecule has 3 heterocycles. The quantitative estimate of drug-likeness (QED) is 0.463. The van der Waals surface area contributed by atoms with Gasteiger partial charge in [0.1, 0.15) is 5.69 Å². The number of hydrogen-bond donors (Lipinski definition) is 1. The van der Waals surface area contributed by atoms with Crippen molar-refractivity contribution >= 4 is 10.9 Å². The summed E-state index contributed by atoms with van der Waals surface area (Å²) in [5, 5.41) is 4.61. The Morgan fingerprint density at radius 1 is 1.13 bits per heavy atom. The number of nitrogens with one attached hydrogen (secondary N) is 1. The summed E-state index contributed by atoms with van der Waals surface area (Å²) in [6.45, 7) is 0.373. The maximum absolute atomic E-state index is 14.6. The lowest BCUT2D eigenvalue weighted by molar-refractivity contribution is 0.387. The highest BCUT2D eigenvalue weighted by Crippen LogP contribution is 2.33. The molecule has 0 unspecified atom stereocenters. The number of fused-ring (bicyclic) bond motifs is 1. The van der Waals surface area contributed by atoms with Crippen LogP contribution in [0.4, 0.5) is 4.39 Å². The van der Waals surface area contributed by atoms with Crippen LogP contribution in [0.3, 0.4) is 0 Å². The maximum Gasteiger partial charge on any atom is 0.439 e.